The Hall–Kier alpha value is -2.48. The largest absolute Gasteiger partial charge is 0.490 e. The van der Waals surface area contributed by atoms with Gasteiger partial charge in [-0.2, -0.15) is 0 Å². The number of piperidine rings is 1. The van der Waals surface area contributed by atoms with Crippen LogP contribution in [0.5, 0.6) is 11.5 Å². The molecule has 1 atom stereocenters. The summed E-state index contributed by atoms with van der Waals surface area (Å²) in [6.07, 6.45) is 5.62. The lowest BCUT2D eigenvalue weighted by atomic mass is 10.1. The first-order valence-corrected chi connectivity index (χ1v) is 11.7. The van der Waals surface area contributed by atoms with Gasteiger partial charge in [0.1, 0.15) is 6.54 Å². The number of ether oxygens (including phenoxy) is 2. The zero-order chi connectivity index (χ0) is 22.4. The molecule has 2 aliphatic rings. The molecule has 2 aliphatic heterocycles. The average Bonchev–Trinajstić information content (AvgIpc) is 3.03. The topological polar surface area (TPSA) is 76.2 Å². The van der Waals surface area contributed by atoms with Gasteiger partial charge < -0.3 is 14.4 Å². The molecular weight excluding hydrogens is 416 g/mol. The molecule has 31 heavy (non-hydrogen) atoms. The number of hydrogen-bond acceptors (Lipinski definition) is 6. The lowest BCUT2D eigenvalue weighted by Crippen LogP contribution is -2.44. The van der Waals surface area contributed by atoms with Crippen molar-refractivity contribution < 1.29 is 23.9 Å². The standard InChI is InChI=1S/C23H30N2O5S/c1-4-16(3)30-18-10-9-17(13-19(18)29-5-2)14-20-22(27)25(23(28)31-20)15-21(26)24-11-7-6-8-12-24/h9-10,13-14,16H,4-8,11-12,15H2,1-3H3/b20-14+/t16-/m1/s1. The van der Waals surface area contributed by atoms with E-state index in [9.17, 15) is 14.4 Å². The van der Waals surface area contributed by atoms with Crippen LogP contribution in [0.3, 0.4) is 0 Å². The molecule has 0 saturated carbocycles. The molecule has 8 heteroatoms. The molecule has 0 N–H and O–H groups in total. The maximum absolute atomic E-state index is 12.8. The lowest BCUT2D eigenvalue weighted by molar-refractivity contribution is -0.136. The van der Waals surface area contributed by atoms with Gasteiger partial charge in [0.25, 0.3) is 11.1 Å². The number of likely N-dealkylation sites (tertiary alicyclic amines) is 1. The Labute approximate surface area is 187 Å². The van der Waals surface area contributed by atoms with E-state index in [4.69, 9.17) is 9.47 Å². The summed E-state index contributed by atoms with van der Waals surface area (Å²) in [7, 11) is 0. The van der Waals surface area contributed by atoms with Crippen LogP contribution in [-0.4, -0.2) is 59.2 Å². The Kier molecular flexibility index (Phi) is 8.01. The summed E-state index contributed by atoms with van der Waals surface area (Å²) >= 11 is 0.859. The van der Waals surface area contributed by atoms with Gasteiger partial charge in [0.15, 0.2) is 11.5 Å². The van der Waals surface area contributed by atoms with Crippen molar-refractivity contribution in [2.75, 3.05) is 26.2 Å². The Bertz CT molecular complexity index is 864. The highest BCUT2D eigenvalue weighted by Crippen LogP contribution is 2.35. The van der Waals surface area contributed by atoms with E-state index < -0.39 is 11.1 Å². The van der Waals surface area contributed by atoms with Crippen LogP contribution in [-0.2, 0) is 9.59 Å². The molecule has 168 valence electrons. The van der Waals surface area contributed by atoms with Gasteiger partial charge in [-0.1, -0.05) is 13.0 Å². The summed E-state index contributed by atoms with van der Waals surface area (Å²) in [6.45, 7) is 7.59. The van der Waals surface area contributed by atoms with Gasteiger partial charge in [-0.15, -0.1) is 0 Å². The predicted octanol–water partition coefficient (Wildman–Crippen LogP) is 4.31. The van der Waals surface area contributed by atoms with E-state index in [1.54, 1.807) is 17.0 Å². The van der Waals surface area contributed by atoms with Gasteiger partial charge in [0.05, 0.1) is 17.6 Å². The fourth-order valence-electron chi connectivity index (χ4n) is 3.45. The minimum absolute atomic E-state index is 0.0546. The number of carbonyl (C=O) groups is 3. The third-order valence-electron chi connectivity index (χ3n) is 5.34. The van der Waals surface area contributed by atoms with Crippen LogP contribution in [0.15, 0.2) is 23.1 Å². The van der Waals surface area contributed by atoms with Gasteiger partial charge >= 0.3 is 0 Å². The zero-order valence-electron chi connectivity index (χ0n) is 18.4. The second-order valence-electron chi connectivity index (χ2n) is 7.69. The summed E-state index contributed by atoms with van der Waals surface area (Å²) in [6, 6.07) is 5.44. The van der Waals surface area contributed by atoms with Crippen molar-refractivity contribution in [3.63, 3.8) is 0 Å². The van der Waals surface area contributed by atoms with Gasteiger partial charge in [-0.25, -0.2) is 0 Å². The summed E-state index contributed by atoms with van der Waals surface area (Å²) in [4.78, 5) is 40.8. The number of amides is 3. The van der Waals surface area contributed by atoms with Crippen molar-refractivity contribution in [2.45, 2.75) is 52.6 Å². The number of thioether (sulfide) groups is 1. The van der Waals surface area contributed by atoms with Gasteiger partial charge in [0, 0.05) is 13.1 Å². The van der Waals surface area contributed by atoms with E-state index in [1.165, 1.54) is 0 Å². The van der Waals surface area contributed by atoms with Crippen LogP contribution in [0.1, 0.15) is 52.0 Å². The smallest absolute Gasteiger partial charge is 0.294 e. The SMILES string of the molecule is CCOc1cc(/C=C2/SC(=O)N(CC(=O)N3CCCCC3)C2=O)ccc1O[C@H](C)CC. The molecule has 2 heterocycles. The third-order valence-corrected chi connectivity index (χ3v) is 6.25. The van der Waals surface area contributed by atoms with E-state index in [1.807, 2.05) is 32.9 Å². The Balaban J connectivity index is 1.74. The number of nitrogens with zero attached hydrogens (tertiary/aromatic N) is 2. The average molecular weight is 447 g/mol. The lowest BCUT2D eigenvalue weighted by Gasteiger charge is -2.27. The first-order valence-electron chi connectivity index (χ1n) is 10.9. The Morgan fingerprint density at radius 2 is 1.90 bits per heavy atom. The number of hydrogen-bond donors (Lipinski definition) is 0. The highest BCUT2D eigenvalue weighted by Gasteiger charge is 2.37. The van der Waals surface area contributed by atoms with E-state index in [-0.39, 0.29) is 18.6 Å². The minimum Gasteiger partial charge on any atom is -0.490 e. The fourth-order valence-corrected chi connectivity index (χ4v) is 4.28. The maximum Gasteiger partial charge on any atom is 0.294 e. The van der Waals surface area contributed by atoms with Crippen LogP contribution < -0.4 is 9.47 Å². The second kappa shape index (κ2) is 10.7. The van der Waals surface area contributed by atoms with Gasteiger partial charge in [-0.05, 0) is 75.1 Å². The van der Waals surface area contributed by atoms with Crippen LogP contribution >= 0.6 is 11.8 Å². The molecule has 3 rings (SSSR count). The van der Waals surface area contributed by atoms with Crippen molar-refractivity contribution in [2.24, 2.45) is 0 Å². The second-order valence-corrected chi connectivity index (χ2v) is 8.68. The fraction of sp³-hybridized carbons (Fsp3) is 0.522. The van der Waals surface area contributed by atoms with E-state index in [0.29, 0.717) is 36.1 Å². The van der Waals surface area contributed by atoms with Gasteiger partial charge in [-0.3, -0.25) is 19.3 Å². The quantitative estimate of drug-likeness (QED) is 0.554. The number of imide groups is 1. The van der Waals surface area contributed by atoms with Crippen molar-refractivity contribution >= 4 is 34.9 Å². The molecule has 2 saturated heterocycles. The highest BCUT2D eigenvalue weighted by atomic mass is 32.2. The molecule has 0 spiro atoms. The first-order chi connectivity index (χ1) is 14.9. The van der Waals surface area contributed by atoms with E-state index >= 15 is 0 Å². The summed E-state index contributed by atoms with van der Waals surface area (Å²) in [5.74, 6) is 0.635. The molecule has 0 bridgehead atoms. The van der Waals surface area contributed by atoms with Crippen LogP contribution in [0.4, 0.5) is 4.79 Å². The van der Waals surface area contributed by atoms with Crippen molar-refractivity contribution in [1.82, 2.24) is 9.80 Å². The Morgan fingerprint density at radius 3 is 2.58 bits per heavy atom. The predicted molar refractivity (Wildman–Crippen MR) is 121 cm³/mol. The van der Waals surface area contributed by atoms with Gasteiger partial charge in [0.2, 0.25) is 5.91 Å². The molecule has 0 aromatic heterocycles. The highest BCUT2D eigenvalue weighted by molar-refractivity contribution is 8.18. The number of carbonyl (C=O) groups excluding carboxylic acids is 3. The molecule has 1 aromatic carbocycles. The molecule has 7 nitrogen and oxygen atoms in total. The van der Waals surface area contributed by atoms with E-state index in [0.717, 1.165) is 47.9 Å². The molecular formula is C23H30N2O5S. The Morgan fingerprint density at radius 1 is 1.16 bits per heavy atom. The van der Waals surface area contributed by atoms with E-state index in [2.05, 4.69) is 0 Å². The maximum atomic E-state index is 12.8. The first kappa shape index (κ1) is 23.2. The van der Waals surface area contributed by atoms with Crippen molar-refractivity contribution in [3.05, 3.63) is 28.7 Å². The third kappa shape index (κ3) is 5.81. The number of rotatable bonds is 8. The molecule has 2 fully saturated rings. The normalized spacial score (nSPS) is 19.1. The number of benzene rings is 1. The molecule has 0 aliphatic carbocycles. The molecule has 1 aromatic rings. The van der Waals surface area contributed by atoms with Crippen LogP contribution in [0.25, 0.3) is 6.08 Å². The minimum atomic E-state index is -0.432. The van der Waals surface area contributed by atoms with Crippen molar-refractivity contribution in [3.8, 4) is 11.5 Å². The summed E-state index contributed by atoms with van der Waals surface area (Å²) in [5, 5.41) is -0.414. The molecule has 3 amide bonds. The zero-order valence-corrected chi connectivity index (χ0v) is 19.2. The summed E-state index contributed by atoms with van der Waals surface area (Å²) in [5.41, 5.74) is 0.729. The van der Waals surface area contributed by atoms with Crippen LogP contribution in [0.2, 0.25) is 0 Å². The summed E-state index contributed by atoms with van der Waals surface area (Å²) < 4.78 is 11.6. The monoisotopic (exact) mass is 446 g/mol. The van der Waals surface area contributed by atoms with Crippen molar-refractivity contribution in [1.29, 1.82) is 0 Å². The molecule has 0 radical (unpaired) electrons. The van der Waals surface area contributed by atoms with Crippen LogP contribution in [0, 0.1) is 0 Å². The molecule has 0 unspecified atom stereocenters.